The van der Waals surface area contributed by atoms with Crippen molar-refractivity contribution in [1.29, 1.82) is 0 Å². The molecular weight excluding hydrogens is 472 g/mol. The molecule has 3 fully saturated rings. The summed E-state index contributed by atoms with van der Waals surface area (Å²) in [5.41, 5.74) is 0. The van der Waals surface area contributed by atoms with Crippen molar-refractivity contribution in [3.63, 3.8) is 0 Å². The molecule has 4 heteroatoms. The minimum Gasteiger partial charge on any atom is -0.462 e. The first-order valence-corrected chi connectivity index (χ1v) is 17.1. The van der Waals surface area contributed by atoms with Gasteiger partial charge < -0.3 is 14.2 Å². The largest absolute Gasteiger partial charge is 0.462 e. The van der Waals surface area contributed by atoms with Gasteiger partial charge in [-0.05, 0) is 102 Å². The molecule has 0 saturated heterocycles. The lowest BCUT2D eigenvalue weighted by Crippen LogP contribution is -2.33. The number of ether oxygens (including phenoxy) is 3. The predicted molar refractivity (Wildman–Crippen MR) is 157 cm³/mol. The molecule has 0 aliphatic heterocycles. The molecule has 0 amide bonds. The van der Waals surface area contributed by atoms with Gasteiger partial charge in [0.1, 0.15) is 6.10 Å². The monoisotopic (exact) mass is 534 g/mol. The van der Waals surface area contributed by atoms with Crippen LogP contribution in [0.4, 0.5) is 0 Å². The average Bonchev–Trinajstić information content (AvgIpc) is 2.95. The first-order valence-electron chi connectivity index (χ1n) is 17.1. The lowest BCUT2D eigenvalue weighted by atomic mass is 9.72. The number of carbonyl (C=O) groups is 1. The summed E-state index contributed by atoms with van der Waals surface area (Å²) in [6.45, 7) is 6.38. The first kappa shape index (κ1) is 31.9. The third kappa shape index (κ3) is 12.3. The van der Waals surface area contributed by atoms with Crippen LogP contribution in [0.5, 0.6) is 0 Å². The fourth-order valence-corrected chi connectivity index (χ4v) is 7.22. The molecule has 0 unspecified atom stereocenters. The van der Waals surface area contributed by atoms with Crippen molar-refractivity contribution in [2.45, 2.75) is 180 Å². The Bertz CT molecular complexity index is 583. The zero-order valence-corrected chi connectivity index (χ0v) is 25.3. The van der Waals surface area contributed by atoms with Crippen LogP contribution in [0.2, 0.25) is 0 Å². The summed E-state index contributed by atoms with van der Waals surface area (Å²) in [5.74, 6) is 1.88. The van der Waals surface area contributed by atoms with Gasteiger partial charge in [0.2, 0.25) is 0 Å². The van der Waals surface area contributed by atoms with Gasteiger partial charge in [-0.2, -0.15) is 0 Å². The molecule has 0 atom stereocenters. The van der Waals surface area contributed by atoms with Crippen molar-refractivity contribution >= 4 is 5.97 Å². The predicted octanol–water partition coefficient (Wildman–Crippen LogP) is 9.57. The summed E-state index contributed by atoms with van der Waals surface area (Å²) in [6, 6.07) is 0. The van der Waals surface area contributed by atoms with E-state index in [-0.39, 0.29) is 18.0 Å². The van der Waals surface area contributed by atoms with Gasteiger partial charge in [0, 0.05) is 13.2 Å². The van der Waals surface area contributed by atoms with Crippen LogP contribution in [-0.2, 0) is 19.0 Å². The van der Waals surface area contributed by atoms with Crippen molar-refractivity contribution in [2.75, 3.05) is 13.2 Å². The molecule has 0 aromatic carbocycles. The Hall–Kier alpha value is -0.610. The second-order valence-corrected chi connectivity index (χ2v) is 12.9. The molecule has 0 N–H and O–H groups in total. The van der Waals surface area contributed by atoms with Crippen LogP contribution in [0, 0.1) is 17.8 Å². The third-order valence-electron chi connectivity index (χ3n) is 9.85. The standard InChI is InChI=1S/C34H62O4/c1-3-5-7-9-10-11-13-27-37-32-22-18-30(19-23-32)34(35)38-33-24-16-29(17-25-33)28-14-20-31(21-15-28)36-26-12-8-6-4-2/h28-33H,3-27H2,1-2H3. The van der Waals surface area contributed by atoms with Crippen molar-refractivity contribution in [2.24, 2.45) is 17.8 Å². The second kappa shape index (κ2) is 19.5. The van der Waals surface area contributed by atoms with E-state index in [2.05, 4.69) is 13.8 Å². The summed E-state index contributed by atoms with van der Waals surface area (Å²) < 4.78 is 18.4. The Balaban J connectivity index is 1.19. The Morgan fingerprint density at radius 3 is 1.39 bits per heavy atom. The highest BCUT2D eigenvalue weighted by Crippen LogP contribution is 2.40. The Morgan fingerprint density at radius 1 is 0.500 bits per heavy atom. The highest BCUT2D eigenvalue weighted by molar-refractivity contribution is 5.72. The van der Waals surface area contributed by atoms with Gasteiger partial charge in [0.05, 0.1) is 18.1 Å². The average molecular weight is 535 g/mol. The molecule has 4 nitrogen and oxygen atoms in total. The summed E-state index contributed by atoms with van der Waals surface area (Å²) in [4.78, 5) is 12.9. The maximum atomic E-state index is 12.9. The number of rotatable bonds is 18. The number of esters is 1. The van der Waals surface area contributed by atoms with E-state index in [9.17, 15) is 4.79 Å². The Kier molecular flexibility index (Phi) is 16.3. The molecule has 3 aliphatic rings. The lowest BCUT2D eigenvalue weighted by Gasteiger charge is -2.38. The fraction of sp³-hybridized carbons (Fsp3) is 0.971. The topological polar surface area (TPSA) is 44.8 Å². The summed E-state index contributed by atoms with van der Waals surface area (Å²) in [7, 11) is 0. The van der Waals surface area contributed by atoms with Gasteiger partial charge in [0.15, 0.2) is 0 Å². The van der Waals surface area contributed by atoms with E-state index in [0.29, 0.717) is 12.2 Å². The van der Waals surface area contributed by atoms with Gasteiger partial charge in [-0.15, -0.1) is 0 Å². The zero-order valence-electron chi connectivity index (χ0n) is 25.3. The molecule has 0 bridgehead atoms. The highest BCUT2D eigenvalue weighted by Gasteiger charge is 2.34. The molecule has 3 saturated carbocycles. The van der Waals surface area contributed by atoms with E-state index in [1.165, 1.54) is 109 Å². The van der Waals surface area contributed by atoms with Crippen LogP contribution in [0.25, 0.3) is 0 Å². The van der Waals surface area contributed by atoms with Crippen molar-refractivity contribution < 1.29 is 19.0 Å². The van der Waals surface area contributed by atoms with Crippen LogP contribution < -0.4 is 0 Å². The molecule has 222 valence electrons. The molecule has 0 heterocycles. The summed E-state index contributed by atoms with van der Waals surface area (Å²) in [5, 5.41) is 0. The normalized spacial score (nSPS) is 30.3. The molecule has 0 aromatic heterocycles. The molecule has 0 aromatic rings. The van der Waals surface area contributed by atoms with Crippen LogP contribution in [0.1, 0.15) is 162 Å². The smallest absolute Gasteiger partial charge is 0.309 e. The van der Waals surface area contributed by atoms with Crippen molar-refractivity contribution in [3.05, 3.63) is 0 Å². The zero-order chi connectivity index (χ0) is 26.8. The molecule has 0 spiro atoms. The third-order valence-corrected chi connectivity index (χ3v) is 9.85. The molecule has 38 heavy (non-hydrogen) atoms. The van der Waals surface area contributed by atoms with E-state index in [0.717, 1.165) is 63.6 Å². The summed E-state index contributed by atoms with van der Waals surface area (Å²) >= 11 is 0. The van der Waals surface area contributed by atoms with E-state index < -0.39 is 0 Å². The van der Waals surface area contributed by atoms with Gasteiger partial charge >= 0.3 is 5.97 Å². The minimum absolute atomic E-state index is 0.0792. The summed E-state index contributed by atoms with van der Waals surface area (Å²) in [6.07, 6.45) is 29.2. The van der Waals surface area contributed by atoms with Gasteiger partial charge in [-0.25, -0.2) is 0 Å². The van der Waals surface area contributed by atoms with E-state index in [1.807, 2.05) is 0 Å². The van der Waals surface area contributed by atoms with Gasteiger partial charge in [0.25, 0.3) is 0 Å². The fourth-order valence-electron chi connectivity index (χ4n) is 7.22. The van der Waals surface area contributed by atoms with E-state index >= 15 is 0 Å². The maximum Gasteiger partial charge on any atom is 0.309 e. The molecule has 3 aliphatic carbocycles. The van der Waals surface area contributed by atoms with Crippen molar-refractivity contribution in [3.8, 4) is 0 Å². The van der Waals surface area contributed by atoms with Crippen LogP contribution >= 0.6 is 0 Å². The van der Waals surface area contributed by atoms with Gasteiger partial charge in [-0.1, -0.05) is 71.6 Å². The second-order valence-electron chi connectivity index (χ2n) is 12.9. The first-order chi connectivity index (χ1) is 18.7. The van der Waals surface area contributed by atoms with Crippen LogP contribution in [-0.4, -0.2) is 37.5 Å². The van der Waals surface area contributed by atoms with E-state index in [4.69, 9.17) is 14.2 Å². The molecule has 3 rings (SSSR count). The van der Waals surface area contributed by atoms with Crippen LogP contribution in [0.3, 0.4) is 0 Å². The van der Waals surface area contributed by atoms with Crippen LogP contribution in [0.15, 0.2) is 0 Å². The maximum absolute atomic E-state index is 12.9. The lowest BCUT2D eigenvalue weighted by molar-refractivity contribution is -0.158. The van der Waals surface area contributed by atoms with Crippen molar-refractivity contribution in [1.82, 2.24) is 0 Å². The molecule has 0 radical (unpaired) electrons. The van der Waals surface area contributed by atoms with Gasteiger partial charge in [-0.3, -0.25) is 4.79 Å². The number of hydrogen-bond donors (Lipinski definition) is 0. The van der Waals surface area contributed by atoms with E-state index in [1.54, 1.807) is 0 Å². The Labute approximate surface area is 235 Å². The minimum atomic E-state index is 0.0792. The quantitative estimate of drug-likeness (QED) is 0.130. The number of unbranched alkanes of at least 4 members (excludes halogenated alkanes) is 9. The number of hydrogen-bond acceptors (Lipinski definition) is 4. The molecular formula is C34H62O4. The SMILES string of the molecule is CCCCCCCCCOC1CCC(C(=O)OC2CCC(C3CCC(OCCCCCC)CC3)CC2)CC1. The highest BCUT2D eigenvalue weighted by atomic mass is 16.5. The number of carbonyl (C=O) groups excluding carboxylic acids is 1. The Morgan fingerprint density at radius 2 is 0.895 bits per heavy atom.